The Morgan fingerprint density at radius 2 is 1.08 bits per heavy atom. The Balaban J connectivity index is 1.68. The van der Waals surface area contributed by atoms with Crippen molar-refractivity contribution < 1.29 is 19.1 Å². The Hall–Kier alpha value is -2.76. The van der Waals surface area contributed by atoms with Crippen LogP contribution >= 0.6 is 0 Å². The summed E-state index contributed by atoms with van der Waals surface area (Å²) >= 11 is 0. The standard InChI is InChI=1S/C31H46N2O4/c1-5-16-30(3,24-36-28(34)26-14-12-20-32-22-26)18-10-8-7-9-11-19-31(4,17-6-2)25-37-29(35)27-15-13-21-33-23-27/h12-15,20-23H,5-11,16-19,24-25H2,1-4H3. The first kappa shape index (κ1) is 30.5. The highest BCUT2D eigenvalue weighted by atomic mass is 16.5. The summed E-state index contributed by atoms with van der Waals surface area (Å²) in [5.41, 5.74) is 1.01. The first-order valence-electron chi connectivity index (χ1n) is 14.0. The SMILES string of the molecule is CCCC(C)(CCCCCCCC(C)(CCC)COC(=O)c1cccnc1)COC(=O)c1cccnc1. The first-order valence-corrected chi connectivity index (χ1v) is 14.0. The highest BCUT2D eigenvalue weighted by Crippen LogP contribution is 2.33. The maximum Gasteiger partial charge on any atom is 0.339 e. The molecule has 0 fully saturated rings. The molecule has 2 aromatic heterocycles. The lowest BCUT2D eigenvalue weighted by molar-refractivity contribution is 0.0266. The maximum absolute atomic E-state index is 12.3. The fourth-order valence-electron chi connectivity index (χ4n) is 4.99. The summed E-state index contributed by atoms with van der Waals surface area (Å²) in [6, 6.07) is 6.98. The second-order valence-electron chi connectivity index (χ2n) is 11.0. The molecule has 2 unspecified atom stereocenters. The molecule has 0 bridgehead atoms. The van der Waals surface area contributed by atoms with Crippen LogP contribution in [0.15, 0.2) is 49.1 Å². The molecule has 0 saturated carbocycles. The minimum atomic E-state index is -0.295. The highest BCUT2D eigenvalue weighted by molar-refractivity contribution is 5.89. The number of hydrogen-bond acceptors (Lipinski definition) is 6. The first-order chi connectivity index (χ1) is 17.8. The van der Waals surface area contributed by atoms with Crippen molar-refractivity contribution in [2.24, 2.45) is 10.8 Å². The van der Waals surface area contributed by atoms with Crippen LogP contribution in [0.5, 0.6) is 0 Å². The molecule has 6 heteroatoms. The van der Waals surface area contributed by atoms with Crippen molar-refractivity contribution >= 4 is 11.9 Å². The topological polar surface area (TPSA) is 78.4 Å². The molecule has 2 heterocycles. The number of pyridine rings is 2. The van der Waals surface area contributed by atoms with Crippen molar-refractivity contribution in [3.05, 3.63) is 60.2 Å². The molecule has 2 rings (SSSR count). The zero-order valence-electron chi connectivity index (χ0n) is 23.3. The third kappa shape index (κ3) is 11.4. The normalized spacial score (nSPS) is 14.4. The predicted octanol–water partition coefficient (Wildman–Crippen LogP) is 7.83. The minimum Gasteiger partial charge on any atom is -0.461 e. The van der Waals surface area contributed by atoms with Crippen molar-refractivity contribution in [3.8, 4) is 0 Å². The lowest BCUT2D eigenvalue weighted by Gasteiger charge is -2.29. The summed E-state index contributed by atoms with van der Waals surface area (Å²) in [5.74, 6) is -0.589. The largest absolute Gasteiger partial charge is 0.461 e. The average Bonchev–Trinajstić information content (AvgIpc) is 2.91. The van der Waals surface area contributed by atoms with Gasteiger partial charge in [0.15, 0.2) is 0 Å². The second kappa shape index (κ2) is 16.2. The molecule has 0 radical (unpaired) electrons. The molecule has 0 spiro atoms. The van der Waals surface area contributed by atoms with Crippen LogP contribution in [0.25, 0.3) is 0 Å². The van der Waals surface area contributed by atoms with E-state index in [4.69, 9.17) is 9.47 Å². The zero-order valence-corrected chi connectivity index (χ0v) is 23.3. The van der Waals surface area contributed by atoms with Crippen LogP contribution in [0.1, 0.15) is 119 Å². The molecule has 0 aliphatic rings. The highest BCUT2D eigenvalue weighted by Gasteiger charge is 2.27. The van der Waals surface area contributed by atoms with E-state index in [2.05, 4.69) is 37.7 Å². The maximum atomic E-state index is 12.3. The summed E-state index contributed by atoms with van der Waals surface area (Å²) < 4.78 is 11.3. The lowest BCUT2D eigenvalue weighted by Crippen LogP contribution is -2.25. The van der Waals surface area contributed by atoms with E-state index in [9.17, 15) is 9.59 Å². The Morgan fingerprint density at radius 1 is 0.676 bits per heavy atom. The van der Waals surface area contributed by atoms with Gasteiger partial charge in [0.1, 0.15) is 0 Å². The van der Waals surface area contributed by atoms with Gasteiger partial charge in [-0.15, -0.1) is 0 Å². The van der Waals surface area contributed by atoms with Gasteiger partial charge in [-0.3, -0.25) is 9.97 Å². The van der Waals surface area contributed by atoms with Gasteiger partial charge in [0.05, 0.1) is 24.3 Å². The van der Waals surface area contributed by atoms with Gasteiger partial charge in [-0.2, -0.15) is 0 Å². The number of rotatable bonds is 18. The molecular formula is C31H46N2O4. The van der Waals surface area contributed by atoms with E-state index < -0.39 is 0 Å². The molecule has 0 amide bonds. The Bertz CT molecular complexity index is 846. The van der Waals surface area contributed by atoms with E-state index in [0.29, 0.717) is 24.3 Å². The Kier molecular flexibility index (Phi) is 13.3. The zero-order chi connectivity index (χ0) is 27.0. The summed E-state index contributed by atoms with van der Waals surface area (Å²) in [6.07, 6.45) is 18.6. The van der Waals surface area contributed by atoms with Gasteiger partial charge < -0.3 is 9.47 Å². The molecule has 0 aliphatic carbocycles. The summed E-state index contributed by atoms with van der Waals surface area (Å²) in [7, 11) is 0. The van der Waals surface area contributed by atoms with Gasteiger partial charge >= 0.3 is 11.9 Å². The van der Waals surface area contributed by atoms with E-state index in [-0.39, 0.29) is 22.8 Å². The number of carbonyl (C=O) groups excluding carboxylic acids is 2. The molecule has 204 valence electrons. The van der Waals surface area contributed by atoms with Crippen molar-refractivity contribution in [1.82, 2.24) is 9.97 Å². The minimum absolute atomic E-state index is 0.00443. The van der Waals surface area contributed by atoms with Gasteiger partial charge in [0, 0.05) is 35.6 Å². The van der Waals surface area contributed by atoms with E-state index in [1.54, 1.807) is 49.1 Å². The van der Waals surface area contributed by atoms with Crippen LogP contribution in [0.4, 0.5) is 0 Å². The van der Waals surface area contributed by atoms with Gasteiger partial charge in [-0.05, 0) is 49.9 Å². The quantitative estimate of drug-likeness (QED) is 0.150. The molecule has 2 atom stereocenters. The Morgan fingerprint density at radius 3 is 1.43 bits per heavy atom. The summed E-state index contributed by atoms with van der Waals surface area (Å²) in [6.45, 7) is 9.72. The van der Waals surface area contributed by atoms with Gasteiger partial charge in [-0.1, -0.05) is 72.6 Å². The number of nitrogens with zero attached hydrogens (tertiary/aromatic N) is 2. The van der Waals surface area contributed by atoms with E-state index in [0.717, 1.165) is 51.4 Å². The lowest BCUT2D eigenvalue weighted by atomic mass is 9.80. The van der Waals surface area contributed by atoms with Crippen LogP contribution in [0.2, 0.25) is 0 Å². The second-order valence-corrected chi connectivity index (χ2v) is 11.0. The predicted molar refractivity (Wildman–Crippen MR) is 147 cm³/mol. The molecule has 0 aliphatic heterocycles. The molecule has 2 aromatic rings. The smallest absolute Gasteiger partial charge is 0.339 e. The van der Waals surface area contributed by atoms with Gasteiger partial charge in [0.25, 0.3) is 0 Å². The molecule has 6 nitrogen and oxygen atoms in total. The third-order valence-electron chi connectivity index (χ3n) is 7.17. The number of hydrogen-bond donors (Lipinski definition) is 0. The number of esters is 2. The van der Waals surface area contributed by atoms with E-state index in [1.165, 1.54) is 19.3 Å². The van der Waals surface area contributed by atoms with Crippen molar-refractivity contribution in [2.45, 2.75) is 98.3 Å². The van der Waals surface area contributed by atoms with E-state index >= 15 is 0 Å². The van der Waals surface area contributed by atoms with Crippen LogP contribution in [0, 0.1) is 10.8 Å². The molecule has 0 aromatic carbocycles. The van der Waals surface area contributed by atoms with Crippen molar-refractivity contribution in [1.29, 1.82) is 0 Å². The number of unbranched alkanes of at least 4 members (excludes halogenated alkanes) is 4. The molecule has 0 N–H and O–H groups in total. The number of carbonyl (C=O) groups is 2. The van der Waals surface area contributed by atoms with Crippen LogP contribution < -0.4 is 0 Å². The molecule has 37 heavy (non-hydrogen) atoms. The van der Waals surface area contributed by atoms with Gasteiger partial charge in [0.2, 0.25) is 0 Å². The van der Waals surface area contributed by atoms with Crippen LogP contribution in [-0.2, 0) is 9.47 Å². The fraction of sp³-hybridized carbons (Fsp3) is 0.613. The number of ether oxygens (including phenoxy) is 2. The summed E-state index contributed by atoms with van der Waals surface area (Å²) in [5, 5.41) is 0. The molecular weight excluding hydrogens is 464 g/mol. The van der Waals surface area contributed by atoms with Crippen molar-refractivity contribution in [3.63, 3.8) is 0 Å². The summed E-state index contributed by atoms with van der Waals surface area (Å²) in [4.78, 5) is 32.7. The molecule has 0 saturated heterocycles. The third-order valence-corrected chi connectivity index (χ3v) is 7.17. The average molecular weight is 511 g/mol. The Labute approximate surface area is 223 Å². The van der Waals surface area contributed by atoms with Crippen molar-refractivity contribution in [2.75, 3.05) is 13.2 Å². The van der Waals surface area contributed by atoms with Crippen LogP contribution in [-0.4, -0.2) is 35.1 Å². The fourth-order valence-corrected chi connectivity index (χ4v) is 4.99. The number of aromatic nitrogens is 2. The van der Waals surface area contributed by atoms with Gasteiger partial charge in [-0.25, -0.2) is 9.59 Å². The van der Waals surface area contributed by atoms with E-state index in [1.807, 2.05) is 0 Å². The van der Waals surface area contributed by atoms with Crippen LogP contribution in [0.3, 0.4) is 0 Å². The monoisotopic (exact) mass is 510 g/mol.